The van der Waals surface area contributed by atoms with Crippen molar-refractivity contribution < 1.29 is 18.7 Å². The maximum Gasteiger partial charge on any atom is 0.258 e. The Morgan fingerprint density at radius 3 is 2.55 bits per heavy atom. The molecule has 0 fully saturated rings. The van der Waals surface area contributed by atoms with Crippen molar-refractivity contribution >= 4 is 27.6 Å². The molecule has 1 unspecified atom stereocenters. The second-order valence-corrected chi connectivity index (χ2v) is 5.62. The Balaban J connectivity index is 2.54. The lowest BCUT2D eigenvalue weighted by atomic mass is 10.0. The number of rotatable bonds is 6. The Bertz CT molecular complexity index is 505. The molecule has 1 aromatic carbocycles. The molecular formula is C14H17BrFNO3. The van der Waals surface area contributed by atoms with Crippen molar-refractivity contribution in [2.45, 2.75) is 26.8 Å². The number of hydrogen-bond donors (Lipinski definition) is 1. The molecule has 1 atom stereocenters. The molecule has 6 heteroatoms. The highest BCUT2D eigenvalue weighted by Gasteiger charge is 2.20. The van der Waals surface area contributed by atoms with Gasteiger partial charge in [-0.05, 0) is 40.9 Å². The van der Waals surface area contributed by atoms with Crippen LogP contribution in [-0.4, -0.2) is 24.3 Å². The first-order valence-electron chi connectivity index (χ1n) is 6.19. The lowest BCUT2D eigenvalue weighted by Crippen LogP contribution is -2.45. The van der Waals surface area contributed by atoms with E-state index in [1.54, 1.807) is 6.07 Å². The number of halogens is 2. The van der Waals surface area contributed by atoms with E-state index in [2.05, 4.69) is 21.2 Å². The first kappa shape index (κ1) is 16.6. The second-order valence-electron chi connectivity index (χ2n) is 4.76. The Labute approximate surface area is 125 Å². The van der Waals surface area contributed by atoms with Gasteiger partial charge in [0.15, 0.2) is 12.4 Å². The number of carbonyl (C=O) groups is 2. The maximum absolute atomic E-state index is 13.3. The minimum absolute atomic E-state index is 0.00146. The lowest BCUT2D eigenvalue weighted by molar-refractivity contribution is -0.129. The van der Waals surface area contributed by atoms with Crippen LogP contribution >= 0.6 is 15.9 Å². The first-order valence-corrected chi connectivity index (χ1v) is 6.98. The number of nitrogens with one attached hydrogen (secondary N) is 1. The third kappa shape index (κ3) is 4.92. The zero-order chi connectivity index (χ0) is 15.3. The Morgan fingerprint density at radius 1 is 1.40 bits per heavy atom. The molecule has 0 radical (unpaired) electrons. The van der Waals surface area contributed by atoms with Crippen LogP contribution in [0.15, 0.2) is 22.7 Å². The number of benzene rings is 1. The minimum atomic E-state index is -0.534. The van der Waals surface area contributed by atoms with Crippen LogP contribution in [0, 0.1) is 11.7 Å². The first-order chi connectivity index (χ1) is 9.31. The van der Waals surface area contributed by atoms with Gasteiger partial charge in [-0.3, -0.25) is 9.59 Å². The molecule has 0 aliphatic heterocycles. The topological polar surface area (TPSA) is 55.4 Å². The van der Waals surface area contributed by atoms with Crippen molar-refractivity contribution in [1.82, 2.24) is 5.32 Å². The average Bonchev–Trinajstić information content (AvgIpc) is 2.36. The molecule has 1 rings (SSSR count). The standard InChI is InChI=1S/C14H17BrFNO3/c1-8(2)14(9(3)18)17-13(19)7-20-10-4-5-11(15)12(16)6-10/h4-6,8,14H,7H2,1-3H3,(H,17,19). The molecule has 1 N–H and O–H groups in total. The van der Waals surface area contributed by atoms with E-state index < -0.39 is 17.8 Å². The van der Waals surface area contributed by atoms with Crippen LogP contribution in [0.4, 0.5) is 4.39 Å². The SMILES string of the molecule is CC(=O)C(NC(=O)COc1ccc(Br)c(F)c1)C(C)C. The summed E-state index contributed by atoms with van der Waals surface area (Å²) in [5, 5.41) is 2.60. The molecule has 0 aromatic heterocycles. The van der Waals surface area contributed by atoms with Crippen LogP contribution in [0.3, 0.4) is 0 Å². The van der Waals surface area contributed by atoms with E-state index >= 15 is 0 Å². The van der Waals surface area contributed by atoms with Crippen molar-refractivity contribution in [2.24, 2.45) is 5.92 Å². The fourth-order valence-corrected chi connectivity index (χ4v) is 1.91. The van der Waals surface area contributed by atoms with Crippen LogP contribution in [0.2, 0.25) is 0 Å². The number of ether oxygens (including phenoxy) is 1. The summed E-state index contributed by atoms with van der Waals surface area (Å²) in [4.78, 5) is 23.1. The van der Waals surface area contributed by atoms with Gasteiger partial charge in [0, 0.05) is 6.07 Å². The molecule has 1 aromatic rings. The molecule has 0 aliphatic carbocycles. The quantitative estimate of drug-likeness (QED) is 0.862. The molecule has 0 aliphatic rings. The largest absolute Gasteiger partial charge is 0.484 e. The third-order valence-electron chi connectivity index (χ3n) is 2.68. The van der Waals surface area contributed by atoms with Crippen molar-refractivity contribution in [3.63, 3.8) is 0 Å². The van der Waals surface area contributed by atoms with Gasteiger partial charge in [0.05, 0.1) is 10.5 Å². The summed E-state index contributed by atoms with van der Waals surface area (Å²) in [5.41, 5.74) is 0. The highest BCUT2D eigenvalue weighted by molar-refractivity contribution is 9.10. The number of Topliss-reactive ketones (excluding diaryl/α,β-unsaturated/α-hetero) is 1. The maximum atomic E-state index is 13.3. The van der Waals surface area contributed by atoms with E-state index in [1.165, 1.54) is 19.1 Å². The van der Waals surface area contributed by atoms with Crippen molar-refractivity contribution in [3.05, 3.63) is 28.5 Å². The van der Waals surface area contributed by atoms with Crippen LogP contribution in [0.5, 0.6) is 5.75 Å². The monoisotopic (exact) mass is 345 g/mol. The van der Waals surface area contributed by atoms with E-state index in [9.17, 15) is 14.0 Å². The molecule has 1 amide bonds. The summed E-state index contributed by atoms with van der Waals surface area (Å²) in [6.07, 6.45) is 0. The smallest absolute Gasteiger partial charge is 0.258 e. The van der Waals surface area contributed by atoms with Gasteiger partial charge in [0.2, 0.25) is 0 Å². The zero-order valence-electron chi connectivity index (χ0n) is 11.6. The van der Waals surface area contributed by atoms with Crippen LogP contribution in [0.25, 0.3) is 0 Å². The average molecular weight is 346 g/mol. The van der Waals surface area contributed by atoms with Crippen LogP contribution in [-0.2, 0) is 9.59 Å². The van der Waals surface area contributed by atoms with Crippen LogP contribution < -0.4 is 10.1 Å². The van der Waals surface area contributed by atoms with Gasteiger partial charge in [0.1, 0.15) is 11.6 Å². The van der Waals surface area contributed by atoms with E-state index in [0.717, 1.165) is 0 Å². The predicted molar refractivity (Wildman–Crippen MR) is 77.0 cm³/mol. The molecular weight excluding hydrogens is 329 g/mol. The molecule has 0 bridgehead atoms. The fraction of sp³-hybridized carbons (Fsp3) is 0.429. The fourth-order valence-electron chi connectivity index (χ4n) is 1.67. The second kappa shape index (κ2) is 7.38. The summed E-state index contributed by atoms with van der Waals surface area (Å²) >= 11 is 3.03. The third-order valence-corrected chi connectivity index (χ3v) is 3.33. The van der Waals surface area contributed by atoms with E-state index in [1.807, 2.05) is 13.8 Å². The Morgan fingerprint density at radius 2 is 2.05 bits per heavy atom. The van der Waals surface area contributed by atoms with Gasteiger partial charge in [-0.25, -0.2) is 4.39 Å². The zero-order valence-corrected chi connectivity index (χ0v) is 13.2. The minimum Gasteiger partial charge on any atom is -0.484 e. The summed E-state index contributed by atoms with van der Waals surface area (Å²) in [6, 6.07) is 3.69. The molecule has 0 saturated heterocycles. The number of amides is 1. The number of hydrogen-bond acceptors (Lipinski definition) is 3. The van der Waals surface area contributed by atoms with E-state index in [4.69, 9.17) is 4.74 Å². The van der Waals surface area contributed by atoms with Crippen LogP contribution in [0.1, 0.15) is 20.8 Å². The van der Waals surface area contributed by atoms with Gasteiger partial charge >= 0.3 is 0 Å². The normalized spacial score (nSPS) is 12.1. The number of ketones is 1. The summed E-state index contributed by atoms with van der Waals surface area (Å²) in [6.45, 7) is 4.85. The van der Waals surface area contributed by atoms with Gasteiger partial charge in [-0.2, -0.15) is 0 Å². The Kier molecular flexibility index (Phi) is 6.13. The molecule has 20 heavy (non-hydrogen) atoms. The highest BCUT2D eigenvalue weighted by Crippen LogP contribution is 2.20. The van der Waals surface area contributed by atoms with E-state index in [-0.39, 0.29) is 24.1 Å². The lowest BCUT2D eigenvalue weighted by Gasteiger charge is -2.19. The van der Waals surface area contributed by atoms with E-state index in [0.29, 0.717) is 4.47 Å². The van der Waals surface area contributed by atoms with Gasteiger partial charge in [-0.15, -0.1) is 0 Å². The summed E-state index contributed by atoms with van der Waals surface area (Å²) in [7, 11) is 0. The van der Waals surface area contributed by atoms with Gasteiger partial charge in [-0.1, -0.05) is 13.8 Å². The summed E-state index contributed by atoms with van der Waals surface area (Å²) in [5.74, 6) is -0.733. The van der Waals surface area contributed by atoms with Crippen molar-refractivity contribution in [1.29, 1.82) is 0 Å². The number of carbonyl (C=O) groups excluding carboxylic acids is 2. The van der Waals surface area contributed by atoms with Crippen molar-refractivity contribution in [2.75, 3.05) is 6.61 Å². The Hall–Kier alpha value is -1.43. The predicted octanol–water partition coefficient (Wildman–Crippen LogP) is 2.70. The van der Waals surface area contributed by atoms with Gasteiger partial charge in [0.25, 0.3) is 5.91 Å². The van der Waals surface area contributed by atoms with Gasteiger partial charge < -0.3 is 10.1 Å². The molecule has 0 spiro atoms. The summed E-state index contributed by atoms with van der Waals surface area (Å²) < 4.78 is 18.8. The highest BCUT2D eigenvalue weighted by atomic mass is 79.9. The molecule has 4 nitrogen and oxygen atoms in total. The molecule has 0 heterocycles. The van der Waals surface area contributed by atoms with Crippen molar-refractivity contribution in [3.8, 4) is 5.75 Å². The molecule has 0 saturated carbocycles. The molecule has 110 valence electrons.